The number of imidazole rings is 1. The molecule has 0 aliphatic carbocycles. The summed E-state index contributed by atoms with van der Waals surface area (Å²) in [6.07, 6.45) is 8.88. The third-order valence-corrected chi connectivity index (χ3v) is 1.83. The summed E-state index contributed by atoms with van der Waals surface area (Å²) in [5, 5.41) is 0. The number of rotatable bonds is 3. The van der Waals surface area contributed by atoms with E-state index in [9.17, 15) is 4.79 Å². The molecular formula is C9H8N4O. The van der Waals surface area contributed by atoms with Crippen LogP contribution in [0.1, 0.15) is 11.9 Å². The summed E-state index contributed by atoms with van der Waals surface area (Å²) in [7, 11) is 0. The van der Waals surface area contributed by atoms with Crippen LogP contribution in [-0.2, 0) is 4.79 Å². The zero-order chi connectivity index (χ0) is 9.80. The van der Waals surface area contributed by atoms with E-state index in [0.29, 0.717) is 5.82 Å². The van der Waals surface area contributed by atoms with Crippen LogP contribution in [0.5, 0.6) is 0 Å². The lowest BCUT2D eigenvalue weighted by atomic mass is 10.3. The molecule has 2 aromatic rings. The standard InChI is InChI=1S/C9H8N4O/c14-6-8(13-5-4-10-7-13)9-11-2-1-3-12-9/h1-8H. The second-order valence-electron chi connectivity index (χ2n) is 2.70. The Bertz CT molecular complexity index is 398. The van der Waals surface area contributed by atoms with Crippen LogP contribution in [-0.4, -0.2) is 25.8 Å². The van der Waals surface area contributed by atoms with Crippen LogP contribution >= 0.6 is 0 Å². The first-order chi connectivity index (χ1) is 6.92. The minimum atomic E-state index is -0.487. The van der Waals surface area contributed by atoms with Gasteiger partial charge in [0.1, 0.15) is 6.04 Å². The maximum atomic E-state index is 10.9. The van der Waals surface area contributed by atoms with Gasteiger partial charge >= 0.3 is 0 Å². The molecule has 0 aliphatic heterocycles. The van der Waals surface area contributed by atoms with Crippen molar-refractivity contribution >= 4 is 6.29 Å². The lowest BCUT2D eigenvalue weighted by Gasteiger charge is -2.08. The molecule has 5 heteroatoms. The summed E-state index contributed by atoms with van der Waals surface area (Å²) in [5.74, 6) is 0.473. The molecule has 0 aromatic carbocycles. The predicted octanol–water partition coefficient (Wildman–Crippen LogP) is 0.461. The van der Waals surface area contributed by atoms with Crippen LogP contribution in [0.2, 0.25) is 0 Å². The summed E-state index contributed by atoms with van der Waals surface area (Å²) >= 11 is 0. The van der Waals surface area contributed by atoms with Crippen LogP contribution in [0.3, 0.4) is 0 Å². The maximum Gasteiger partial charge on any atom is 0.158 e. The molecule has 0 aliphatic rings. The van der Waals surface area contributed by atoms with Crippen molar-refractivity contribution < 1.29 is 4.79 Å². The summed E-state index contributed by atoms with van der Waals surface area (Å²) in [6.45, 7) is 0. The van der Waals surface area contributed by atoms with E-state index in [0.717, 1.165) is 6.29 Å². The Labute approximate surface area is 80.5 Å². The summed E-state index contributed by atoms with van der Waals surface area (Å²) in [6, 6.07) is 1.22. The van der Waals surface area contributed by atoms with Crippen molar-refractivity contribution in [3.05, 3.63) is 43.0 Å². The molecule has 5 nitrogen and oxygen atoms in total. The Kier molecular flexibility index (Phi) is 2.31. The highest BCUT2D eigenvalue weighted by molar-refractivity contribution is 5.59. The van der Waals surface area contributed by atoms with E-state index in [2.05, 4.69) is 15.0 Å². The molecule has 2 aromatic heterocycles. The van der Waals surface area contributed by atoms with Crippen molar-refractivity contribution in [2.75, 3.05) is 0 Å². The molecule has 14 heavy (non-hydrogen) atoms. The van der Waals surface area contributed by atoms with Gasteiger partial charge in [-0.25, -0.2) is 15.0 Å². The Morgan fingerprint density at radius 1 is 1.29 bits per heavy atom. The van der Waals surface area contributed by atoms with Crippen LogP contribution < -0.4 is 0 Å². The van der Waals surface area contributed by atoms with Crippen LogP contribution in [0.25, 0.3) is 0 Å². The molecule has 2 rings (SSSR count). The van der Waals surface area contributed by atoms with Gasteiger partial charge in [0.25, 0.3) is 0 Å². The lowest BCUT2D eigenvalue weighted by molar-refractivity contribution is -0.109. The molecule has 0 fully saturated rings. The molecule has 0 saturated carbocycles. The van der Waals surface area contributed by atoms with Gasteiger partial charge in [0.15, 0.2) is 12.1 Å². The SMILES string of the molecule is O=CC(c1ncccn1)n1ccnc1. The molecule has 0 N–H and O–H groups in total. The molecule has 0 amide bonds. The monoisotopic (exact) mass is 188 g/mol. The number of nitrogens with zero attached hydrogens (tertiary/aromatic N) is 4. The van der Waals surface area contributed by atoms with Gasteiger partial charge in [-0.2, -0.15) is 0 Å². The van der Waals surface area contributed by atoms with Gasteiger partial charge in [-0.1, -0.05) is 0 Å². The largest absolute Gasteiger partial charge is 0.320 e. The Morgan fingerprint density at radius 3 is 2.64 bits per heavy atom. The maximum absolute atomic E-state index is 10.9. The van der Waals surface area contributed by atoms with E-state index >= 15 is 0 Å². The highest BCUT2D eigenvalue weighted by atomic mass is 16.1. The Balaban J connectivity index is 2.36. The predicted molar refractivity (Wildman–Crippen MR) is 48.5 cm³/mol. The molecule has 1 atom stereocenters. The van der Waals surface area contributed by atoms with E-state index in [1.54, 1.807) is 41.7 Å². The first-order valence-electron chi connectivity index (χ1n) is 4.11. The number of hydrogen-bond acceptors (Lipinski definition) is 4. The number of aldehydes is 1. The Hall–Kier alpha value is -2.04. The van der Waals surface area contributed by atoms with Crippen LogP contribution in [0.15, 0.2) is 37.2 Å². The fourth-order valence-corrected chi connectivity index (χ4v) is 1.16. The second-order valence-corrected chi connectivity index (χ2v) is 2.70. The van der Waals surface area contributed by atoms with Crippen LogP contribution in [0.4, 0.5) is 0 Å². The van der Waals surface area contributed by atoms with Crippen molar-refractivity contribution in [3.63, 3.8) is 0 Å². The third kappa shape index (κ3) is 1.52. The van der Waals surface area contributed by atoms with Gasteiger partial charge in [0.05, 0.1) is 6.33 Å². The third-order valence-electron chi connectivity index (χ3n) is 1.83. The summed E-state index contributed by atoms with van der Waals surface area (Å²) in [4.78, 5) is 22.8. The highest BCUT2D eigenvalue weighted by Crippen LogP contribution is 2.09. The molecule has 0 bridgehead atoms. The van der Waals surface area contributed by atoms with Gasteiger partial charge < -0.3 is 9.36 Å². The fourth-order valence-electron chi connectivity index (χ4n) is 1.16. The van der Waals surface area contributed by atoms with Crippen molar-refractivity contribution in [2.24, 2.45) is 0 Å². The smallest absolute Gasteiger partial charge is 0.158 e. The number of aromatic nitrogens is 4. The second kappa shape index (κ2) is 3.78. The molecule has 0 radical (unpaired) electrons. The van der Waals surface area contributed by atoms with Crippen molar-refractivity contribution in [1.82, 2.24) is 19.5 Å². The topological polar surface area (TPSA) is 60.7 Å². The summed E-state index contributed by atoms with van der Waals surface area (Å²) in [5.41, 5.74) is 0. The highest BCUT2D eigenvalue weighted by Gasteiger charge is 2.13. The number of carbonyl (C=O) groups is 1. The normalized spacial score (nSPS) is 12.3. The number of hydrogen-bond donors (Lipinski definition) is 0. The van der Waals surface area contributed by atoms with Gasteiger partial charge in [-0.15, -0.1) is 0 Å². The zero-order valence-electron chi connectivity index (χ0n) is 7.32. The first-order valence-corrected chi connectivity index (χ1v) is 4.11. The fraction of sp³-hybridized carbons (Fsp3) is 0.111. The lowest BCUT2D eigenvalue weighted by Crippen LogP contribution is -2.13. The summed E-state index contributed by atoms with van der Waals surface area (Å²) < 4.78 is 1.66. The minimum absolute atomic E-state index is 0.473. The average molecular weight is 188 g/mol. The molecule has 1 unspecified atom stereocenters. The average Bonchev–Trinajstić information content (AvgIpc) is 2.74. The molecule has 2 heterocycles. The zero-order valence-corrected chi connectivity index (χ0v) is 7.32. The van der Waals surface area contributed by atoms with Crippen molar-refractivity contribution in [3.8, 4) is 0 Å². The van der Waals surface area contributed by atoms with E-state index in [-0.39, 0.29) is 0 Å². The van der Waals surface area contributed by atoms with Crippen LogP contribution in [0, 0.1) is 0 Å². The van der Waals surface area contributed by atoms with E-state index < -0.39 is 6.04 Å². The van der Waals surface area contributed by atoms with Crippen molar-refractivity contribution in [2.45, 2.75) is 6.04 Å². The molecule has 0 saturated heterocycles. The van der Waals surface area contributed by atoms with Gasteiger partial charge in [-0.05, 0) is 6.07 Å². The van der Waals surface area contributed by atoms with Gasteiger partial charge in [0.2, 0.25) is 0 Å². The van der Waals surface area contributed by atoms with E-state index in [1.807, 2.05) is 0 Å². The van der Waals surface area contributed by atoms with E-state index in [4.69, 9.17) is 0 Å². The van der Waals surface area contributed by atoms with Gasteiger partial charge in [0, 0.05) is 24.8 Å². The van der Waals surface area contributed by atoms with E-state index in [1.165, 1.54) is 0 Å². The quantitative estimate of drug-likeness (QED) is 0.656. The van der Waals surface area contributed by atoms with Crippen molar-refractivity contribution in [1.29, 1.82) is 0 Å². The minimum Gasteiger partial charge on any atom is -0.320 e. The first kappa shape index (κ1) is 8.55. The molecule has 0 spiro atoms. The molecular weight excluding hydrogens is 180 g/mol. The number of carbonyl (C=O) groups excluding carboxylic acids is 1. The Morgan fingerprint density at radius 2 is 2.07 bits per heavy atom. The van der Waals surface area contributed by atoms with Gasteiger partial charge in [-0.3, -0.25) is 0 Å². The molecule has 70 valence electrons.